The van der Waals surface area contributed by atoms with Crippen molar-refractivity contribution in [2.45, 2.75) is 18.3 Å². The van der Waals surface area contributed by atoms with Gasteiger partial charge in [-0.15, -0.1) is 0 Å². The van der Waals surface area contributed by atoms with Gasteiger partial charge in [-0.05, 0) is 36.4 Å². The van der Waals surface area contributed by atoms with Gasteiger partial charge in [0.1, 0.15) is 12.4 Å². The third-order valence-electron chi connectivity index (χ3n) is 3.77. The number of carbonyl (C=O) groups is 1. The van der Waals surface area contributed by atoms with Gasteiger partial charge in [-0.1, -0.05) is 6.07 Å². The maximum atomic E-state index is 11.5. The molecule has 0 aliphatic heterocycles. The number of nitrogens with zero attached hydrogens (tertiary/aromatic N) is 1. The zero-order valence-corrected chi connectivity index (χ0v) is 11.0. The number of aliphatic hydroxyl groups excluding tert-OH is 1. The van der Waals surface area contributed by atoms with Crippen LogP contribution >= 0.6 is 0 Å². The Bertz CT molecular complexity index is 665. The van der Waals surface area contributed by atoms with E-state index < -0.39 is 5.41 Å². The average Bonchev–Trinajstić information content (AvgIpc) is 3.26. The molecule has 5 nitrogen and oxygen atoms in total. The molecule has 1 fully saturated rings. The van der Waals surface area contributed by atoms with Gasteiger partial charge in [-0.3, -0.25) is 9.78 Å². The van der Waals surface area contributed by atoms with Crippen LogP contribution < -0.4 is 10.5 Å². The third-order valence-corrected chi connectivity index (χ3v) is 3.77. The first-order valence-corrected chi connectivity index (χ1v) is 6.59. The zero-order chi connectivity index (χ0) is 14.2. The minimum atomic E-state index is -0.555. The van der Waals surface area contributed by atoms with Crippen LogP contribution in [0.4, 0.5) is 0 Å². The lowest BCUT2D eigenvalue weighted by molar-refractivity contribution is -0.120. The molecule has 0 saturated heterocycles. The first kappa shape index (κ1) is 12.9. The number of benzene rings is 1. The van der Waals surface area contributed by atoms with Crippen molar-refractivity contribution in [2.75, 3.05) is 13.2 Å². The number of ether oxygens (including phenoxy) is 1. The highest BCUT2D eigenvalue weighted by atomic mass is 16.5. The Kier molecular flexibility index (Phi) is 3.06. The molecule has 3 N–H and O–H groups in total. The molecule has 1 amide bonds. The van der Waals surface area contributed by atoms with E-state index in [0.717, 1.165) is 29.3 Å². The molecule has 0 radical (unpaired) electrons. The molecular formula is C15H16N2O3. The highest BCUT2D eigenvalue weighted by Gasteiger charge is 2.51. The lowest BCUT2D eigenvalue weighted by Gasteiger charge is -2.11. The molecule has 1 aromatic carbocycles. The number of hydrogen-bond donors (Lipinski definition) is 2. The summed E-state index contributed by atoms with van der Waals surface area (Å²) < 4.78 is 5.36. The van der Waals surface area contributed by atoms with Gasteiger partial charge in [0.15, 0.2) is 0 Å². The van der Waals surface area contributed by atoms with Gasteiger partial charge in [0.05, 0.1) is 17.7 Å². The van der Waals surface area contributed by atoms with Crippen molar-refractivity contribution in [2.24, 2.45) is 5.73 Å². The highest BCUT2D eigenvalue weighted by Crippen LogP contribution is 2.47. The number of amides is 1. The smallest absolute Gasteiger partial charge is 0.229 e. The summed E-state index contributed by atoms with van der Waals surface area (Å²) in [5, 5.41) is 10.7. The molecule has 1 aliphatic carbocycles. The monoisotopic (exact) mass is 272 g/mol. The van der Waals surface area contributed by atoms with Crippen LogP contribution in [0.5, 0.6) is 5.75 Å². The highest BCUT2D eigenvalue weighted by molar-refractivity contribution is 5.91. The van der Waals surface area contributed by atoms with Crippen LogP contribution in [0, 0.1) is 0 Å². The fourth-order valence-corrected chi connectivity index (χ4v) is 2.39. The van der Waals surface area contributed by atoms with Crippen LogP contribution in [-0.2, 0) is 10.2 Å². The zero-order valence-electron chi connectivity index (χ0n) is 11.0. The van der Waals surface area contributed by atoms with Crippen LogP contribution in [0.3, 0.4) is 0 Å². The van der Waals surface area contributed by atoms with Crippen molar-refractivity contribution in [3.63, 3.8) is 0 Å². The third kappa shape index (κ3) is 2.10. The molecule has 5 heteroatoms. The van der Waals surface area contributed by atoms with E-state index in [0.29, 0.717) is 5.75 Å². The minimum absolute atomic E-state index is 0.0175. The van der Waals surface area contributed by atoms with Crippen LogP contribution in [0.15, 0.2) is 30.5 Å². The molecule has 0 unspecified atom stereocenters. The van der Waals surface area contributed by atoms with Gasteiger partial charge in [-0.2, -0.15) is 0 Å². The number of aliphatic hydroxyl groups is 1. The Morgan fingerprint density at radius 2 is 2.15 bits per heavy atom. The fraction of sp³-hybridized carbons (Fsp3) is 0.333. The standard InChI is InChI=1S/C15H16N2O3/c16-14(19)15(3-4-15)13-8-10-1-2-12(20-6-5-18)7-11(10)9-17-13/h1-2,7-9,18H,3-6H2,(H2,16,19). The topological polar surface area (TPSA) is 85.4 Å². The number of carbonyl (C=O) groups excluding carboxylic acids is 1. The van der Waals surface area contributed by atoms with E-state index in [-0.39, 0.29) is 19.1 Å². The molecule has 2 aromatic rings. The second kappa shape index (κ2) is 4.76. The Labute approximate surface area is 116 Å². The lowest BCUT2D eigenvalue weighted by Crippen LogP contribution is -2.29. The molecule has 0 bridgehead atoms. The normalized spacial score (nSPS) is 16.1. The number of fused-ring (bicyclic) bond motifs is 1. The summed E-state index contributed by atoms with van der Waals surface area (Å²) in [6, 6.07) is 7.55. The van der Waals surface area contributed by atoms with Crippen molar-refractivity contribution in [1.82, 2.24) is 4.98 Å². The molecule has 1 saturated carbocycles. The van der Waals surface area contributed by atoms with Crippen LogP contribution in [0.25, 0.3) is 10.8 Å². The van der Waals surface area contributed by atoms with E-state index in [1.54, 1.807) is 6.20 Å². The Balaban J connectivity index is 1.95. The van der Waals surface area contributed by atoms with E-state index in [1.807, 2.05) is 24.3 Å². The second-order valence-electron chi connectivity index (χ2n) is 5.10. The molecule has 104 valence electrons. The lowest BCUT2D eigenvalue weighted by atomic mass is 9.99. The van der Waals surface area contributed by atoms with E-state index in [4.69, 9.17) is 15.6 Å². The average molecular weight is 272 g/mol. The number of rotatable bonds is 5. The summed E-state index contributed by atoms with van der Waals surface area (Å²) in [7, 11) is 0. The predicted molar refractivity (Wildman–Crippen MR) is 74.4 cm³/mol. The summed E-state index contributed by atoms with van der Waals surface area (Å²) in [6.45, 7) is 0.248. The number of pyridine rings is 1. The molecule has 0 atom stereocenters. The predicted octanol–water partition coefficient (Wildman–Crippen LogP) is 1.12. The maximum absolute atomic E-state index is 11.5. The molecular weight excluding hydrogens is 256 g/mol. The Hall–Kier alpha value is -2.14. The van der Waals surface area contributed by atoms with Crippen LogP contribution in [0.2, 0.25) is 0 Å². The molecule has 0 spiro atoms. The number of nitrogens with two attached hydrogens (primary N) is 1. The van der Waals surface area contributed by atoms with Crippen molar-refractivity contribution in [3.05, 3.63) is 36.2 Å². The maximum Gasteiger partial charge on any atom is 0.229 e. The summed E-state index contributed by atoms with van der Waals surface area (Å²) in [4.78, 5) is 15.9. The van der Waals surface area contributed by atoms with E-state index in [1.165, 1.54) is 0 Å². The van der Waals surface area contributed by atoms with Gasteiger partial charge in [-0.25, -0.2) is 0 Å². The number of aromatic nitrogens is 1. The number of hydrogen-bond acceptors (Lipinski definition) is 4. The van der Waals surface area contributed by atoms with Gasteiger partial charge < -0.3 is 15.6 Å². The van der Waals surface area contributed by atoms with Crippen molar-refractivity contribution < 1.29 is 14.6 Å². The Morgan fingerprint density at radius 3 is 2.80 bits per heavy atom. The van der Waals surface area contributed by atoms with Crippen LogP contribution in [0.1, 0.15) is 18.5 Å². The molecule has 1 heterocycles. The first-order chi connectivity index (χ1) is 9.65. The summed E-state index contributed by atoms with van der Waals surface area (Å²) in [5.41, 5.74) is 5.66. The molecule has 3 rings (SSSR count). The fourth-order valence-electron chi connectivity index (χ4n) is 2.39. The van der Waals surface area contributed by atoms with Gasteiger partial charge in [0.25, 0.3) is 0 Å². The van der Waals surface area contributed by atoms with E-state index >= 15 is 0 Å². The second-order valence-corrected chi connectivity index (χ2v) is 5.10. The summed E-state index contributed by atoms with van der Waals surface area (Å²) >= 11 is 0. The largest absolute Gasteiger partial charge is 0.491 e. The minimum Gasteiger partial charge on any atom is -0.491 e. The van der Waals surface area contributed by atoms with Gasteiger partial charge in [0, 0.05) is 11.6 Å². The van der Waals surface area contributed by atoms with Crippen LogP contribution in [-0.4, -0.2) is 29.2 Å². The van der Waals surface area contributed by atoms with Crippen molar-refractivity contribution in [3.8, 4) is 5.75 Å². The number of primary amides is 1. The van der Waals surface area contributed by atoms with Crippen molar-refractivity contribution >= 4 is 16.7 Å². The van der Waals surface area contributed by atoms with Crippen molar-refractivity contribution in [1.29, 1.82) is 0 Å². The molecule has 20 heavy (non-hydrogen) atoms. The van der Waals surface area contributed by atoms with E-state index in [9.17, 15) is 4.79 Å². The summed E-state index contributed by atoms with van der Waals surface area (Å²) in [5.74, 6) is 0.393. The van der Waals surface area contributed by atoms with Gasteiger partial charge in [0.2, 0.25) is 5.91 Å². The quantitative estimate of drug-likeness (QED) is 0.854. The summed E-state index contributed by atoms with van der Waals surface area (Å²) in [6.07, 6.45) is 3.29. The molecule has 1 aliphatic rings. The van der Waals surface area contributed by atoms with Gasteiger partial charge >= 0.3 is 0 Å². The molecule has 1 aromatic heterocycles. The first-order valence-electron chi connectivity index (χ1n) is 6.59. The SMILES string of the molecule is NC(=O)C1(c2cc3ccc(OCCO)cc3cn2)CC1. The van der Waals surface area contributed by atoms with E-state index in [2.05, 4.69) is 4.98 Å². The Morgan fingerprint density at radius 1 is 1.35 bits per heavy atom.